The van der Waals surface area contributed by atoms with E-state index in [1.807, 2.05) is 0 Å². The highest BCUT2D eigenvalue weighted by molar-refractivity contribution is 5.85. The lowest BCUT2D eigenvalue weighted by atomic mass is 10.0. The van der Waals surface area contributed by atoms with Gasteiger partial charge in [-0.1, -0.05) is 0 Å². The van der Waals surface area contributed by atoms with Gasteiger partial charge in [-0.3, -0.25) is 9.48 Å². The second-order valence-electron chi connectivity index (χ2n) is 4.66. The molecule has 1 aliphatic carbocycles. The molecule has 1 aromatic rings. The van der Waals surface area contributed by atoms with E-state index in [9.17, 15) is 4.79 Å². The Hall–Kier alpha value is -1.83. The van der Waals surface area contributed by atoms with Crippen molar-refractivity contribution in [1.29, 1.82) is 5.26 Å². The predicted molar refractivity (Wildman–Crippen MR) is 57.3 cm³/mol. The summed E-state index contributed by atoms with van der Waals surface area (Å²) in [6.45, 7) is 3.56. The molecule has 0 aliphatic heterocycles. The van der Waals surface area contributed by atoms with E-state index in [0.717, 1.165) is 12.8 Å². The van der Waals surface area contributed by atoms with Crippen molar-refractivity contribution < 1.29 is 4.79 Å². The van der Waals surface area contributed by atoms with Crippen molar-refractivity contribution in [3.8, 4) is 6.07 Å². The fourth-order valence-corrected chi connectivity index (χ4v) is 1.46. The van der Waals surface area contributed by atoms with Crippen molar-refractivity contribution in [2.45, 2.75) is 37.8 Å². The number of rotatable bonds is 3. The van der Waals surface area contributed by atoms with Gasteiger partial charge in [-0.25, -0.2) is 0 Å². The Morgan fingerprint density at radius 1 is 1.62 bits per heavy atom. The zero-order valence-corrected chi connectivity index (χ0v) is 9.40. The van der Waals surface area contributed by atoms with Crippen molar-refractivity contribution in [2.24, 2.45) is 0 Å². The summed E-state index contributed by atoms with van der Waals surface area (Å²) in [4.78, 5) is 12.1. The summed E-state index contributed by atoms with van der Waals surface area (Å²) in [7, 11) is 0. The van der Waals surface area contributed by atoms with E-state index in [1.54, 1.807) is 37.0 Å². The van der Waals surface area contributed by atoms with Crippen LogP contribution in [-0.2, 0) is 10.3 Å². The molecule has 1 N–H and O–H groups in total. The molecule has 1 heterocycles. The number of nitrogens with one attached hydrogen (secondary N) is 1. The summed E-state index contributed by atoms with van der Waals surface area (Å²) in [5, 5.41) is 15.8. The van der Waals surface area contributed by atoms with Crippen LogP contribution in [0.25, 0.3) is 0 Å². The maximum atomic E-state index is 12.1. The van der Waals surface area contributed by atoms with Crippen LogP contribution >= 0.6 is 0 Å². The molecule has 0 atom stereocenters. The van der Waals surface area contributed by atoms with E-state index in [2.05, 4.69) is 16.5 Å². The van der Waals surface area contributed by atoms with Gasteiger partial charge in [-0.05, 0) is 32.8 Å². The number of carbonyl (C=O) groups excluding carboxylic acids is 1. The number of nitrogens with zero attached hydrogens (tertiary/aromatic N) is 3. The van der Waals surface area contributed by atoms with Gasteiger partial charge in [0.25, 0.3) is 0 Å². The minimum absolute atomic E-state index is 0.171. The molecule has 0 unspecified atom stereocenters. The summed E-state index contributed by atoms with van der Waals surface area (Å²) >= 11 is 0. The highest BCUT2D eigenvalue weighted by Crippen LogP contribution is 2.35. The summed E-state index contributed by atoms with van der Waals surface area (Å²) in [5.74, 6) is -0.171. The lowest BCUT2D eigenvalue weighted by molar-refractivity contribution is -0.129. The molecule has 0 radical (unpaired) electrons. The third-order valence-corrected chi connectivity index (χ3v) is 2.95. The third-order valence-electron chi connectivity index (χ3n) is 2.95. The third kappa shape index (κ3) is 1.67. The summed E-state index contributed by atoms with van der Waals surface area (Å²) in [5.41, 5.74) is -1.39. The Bertz CT molecular complexity index is 437. The van der Waals surface area contributed by atoms with E-state index >= 15 is 0 Å². The zero-order valence-electron chi connectivity index (χ0n) is 9.40. The largest absolute Gasteiger partial charge is 0.336 e. The van der Waals surface area contributed by atoms with Crippen LogP contribution in [0.4, 0.5) is 0 Å². The number of nitriles is 1. The standard InChI is InChI=1S/C11H14N4O/c1-10(2,15-7-3-6-13-15)9(16)14-11(8-12)4-5-11/h3,6-7H,4-5H2,1-2H3,(H,14,16). The molecular weight excluding hydrogens is 204 g/mol. The Balaban J connectivity index is 2.13. The number of aromatic nitrogens is 2. The minimum Gasteiger partial charge on any atom is -0.336 e. The van der Waals surface area contributed by atoms with E-state index in [0.29, 0.717) is 0 Å². The summed E-state index contributed by atoms with van der Waals surface area (Å²) < 4.78 is 1.59. The quantitative estimate of drug-likeness (QED) is 0.815. The maximum Gasteiger partial charge on any atom is 0.248 e. The van der Waals surface area contributed by atoms with Gasteiger partial charge in [0.1, 0.15) is 11.1 Å². The predicted octanol–water partition coefficient (Wildman–Crippen LogP) is 0.791. The molecule has 1 fully saturated rings. The highest BCUT2D eigenvalue weighted by atomic mass is 16.2. The lowest BCUT2D eigenvalue weighted by Gasteiger charge is -2.25. The molecule has 0 bridgehead atoms. The fourth-order valence-electron chi connectivity index (χ4n) is 1.46. The van der Waals surface area contributed by atoms with Gasteiger partial charge in [0.05, 0.1) is 6.07 Å². The molecule has 1 aromatic heterocycles. The first kappa shape index (κ1) is 10.7. The molecule has 1 amide bonds. The summed E-state index contributed by atoms with van der Waals surface area (Å²) in [6.07, 6.45) is 4.85. The van der Waals surface area contributed by atoms with Crippen LogP contribution in [0, 0.1) is 11.3 Å². The van der Waals surface area contributed by atoms with Crippen molar-refractivity contribution in [3.05, 3.63) is 18.5 Å². The fraction of sp³-hybridized carbons (Fsp3) is 0.545. The number of hydrogen-bond acceptors (Lipinski definition) is 3. The smallest absolute Gasteiger partial charge is 0.248 e. The average molecular weight is 218 g/mol. The summed E-state index contributed by atoms with van der Waals surface area (Å²) in [6, 6.07) is 3.91. The van der Waals surface area contributed by atoms with Gasteiger partial charge in [-0.15, -0.1) is 0 Å². The van der Waals surface area contributed by atoms with Crippen molar-refractivity contribution in [1.82, 2.24) is 15.1 Å². The van der Waals surface area contributed by atoms with Crippen LogP contribution in [0.15, 0.2) is 18.5 Å². The number of carbonyl (C=O) groups is 1. The molecule has 0 aromatic carbocycles. The first-order chi connectivity index (χ1) is 7.50. The molecule has 84 valence electrons. The molecule has 2 rings (SSSR count). The molecule has 0 saturated heterocycles. The van der Waals surface area contributed by atoms with Crippen molar-refractivity contribution in [3.63, 3.8) is 0 Å². The van der Waals surface area contributed by atoms with Gasteiger partial charge >= 0.3 is 0 Å². The van der Waals surface area contributed by atoms with E-state index in [-0.39, 0.29) is 5.91 Å². The SMILES string of the molecule is CC(C)(C(=O)NC1(C#N)CC1)n1cccn1. The molecule has 5 heteroatoms. The lowest BCUT2D eigenvalue weighted by Crippen LogP contribution is -2.49. The van der Waals surface area contributed by atoms with Crippen molar-refractivity contribution in [2.75, 3.05) is 0 Å². The van der Waals surface area contributed by atoms with Gasteiger partial charge in [0, 0.05) is 12.4 Å². The first-order valence-electron chi connectivity index (χ1n) is 5.24. The van der Waals surface area contributed by atoms with Crippen LogP contribution in [0.1, 0.15) is 26.7 Å². The highest BCUT2D eigenvalue weighted by Gasteiger charge is 2.47. The topological polar surface area (TPSA) is 70.7 Å². The Kier molecular flexibility index (Phi) is 2.23. The zero-order chi connectivity index (χ0) is 11.8. The van der Waals surface area contributed by atoms with Gasteiger partial charge in [0.2, 0.25) is 5.91 Å². The number of amides is 1. The monoisotopic (exact) mass is 218 g/mol. The maximum absolute atomic E-state index is 12.1. The molecule has 16 heavy (non-hydrogen) atoms. The molecule has 1 aliphatic rings. The van der Waals surface area contributed by atoms with Gasteiger partial charge in [0.15, 0.2) is 0 Å². The van der Waals surface area contributed by atoms with Gasteiger partial charge in [-0.2, -0.15) is 10.4 Å². The second kappa shape index (κ2) is 3.34. The van der Waals surface area contributed by atoms with Crippen LogP contribution < -0.4 is 5.32 Å². The van der Waals surface area contributed by atoms with Crippen LogP contribution in [0.3, 0.4) is 0 Å². The van der Waals surface area contributed by atoms with E-state index < -0.39 is 11.1 Å². The average Bonchev–Trinajstić information content (AvgIpc) is 2.81. The second-order valence-corrected chi connectivity index (χ2v) is 4.66. The molecule has 1 saturated carbocycles. The minimum atomic E-state index is -0.768. The Morgan fingerprint density at radius 2 is 2.31 bits per heavy atom. The van der Waals surface area contributed by atoms with E-state index in [1.165, 1.54) is 0 Å². The van der Waals surface area contributed by atoms with Crippen LogP contribution in [-0.4, -0.2) is 21.2 Å². The van der Waals surface area contributed by atoms with Crippen molar-refractivity contribution >= 4 is 5.91 Å². The van der Waals surface area contributed by atoms with Crippen LogP contribution in [0.2, 0.25) is 0 Å². The number of hydrogen-bond donors (Lipinski definition) is 1. The molecule has 5 nitrogen and oxygen atoms in total. The van der Waals surface area contributed by atoms with Crippen LogP contribution in [0.5, 0.6) is 0 Å². The molecular formula is C11H14N4O. The van der Waals surface area contributed by atoms with E-state index in [4.69, 9.17) is 5.26 Å². The first-order valence-corrected chi connectivity index (χ1v) is 5.24. The Labute approximate surface area is 94.1 Å². The molecule has 0 spiro atoms. The van der Waals surface area contributed by atoms with Gasteiger partial charge < -0.3 is 5.32 Å². The Morgan fingerprint density at radius 3 is 2.75 bits per heavy atom. The normalized spacial score (nSPS) is 17.6.